The fourth-order valence-corrected chi connectivity index (χ4v) is 3.87. The van der Waals surface area contributed by atoms with Crippen molar-refractivity contribution in [1.29, 1.82) is 0 Å². The standard InChI is InChI=1S/C18H23N5O2S/c24-16(21-25-12-14-6-2-1-3-7-14)13-26-18-20-19-17(22-10-4-5-11-22)23(18)15-8-9-15/h1-3,6-7,15H,4-5,8-13H2,(H,21,24). The second kappa shape index (κ2) is 8.09. The fraction of sp³-hybridized carbons (Fsp3) is 0.500. The van der Waals surface area contributed by atoms with Gasteiger partial charge in [-0.05, 0) is 31.2 Å². The molecule has 138 valence electrons. The van der Waals surface area contributed by atoms with Crippen molar-refractivity contribution in [2.45, 2.75) is 43.5 Å². The molecule has 7 nitrogen and oxygen atoms in total. The summed E-state index contributed by atoms with van der Waals surface area (Å²) in [5.74, 6) is 1.06. The Hall–Kier alpha value is -2.06. The average Bonchev–Trinajstić information content (AvgIpc) is 3.19. The van der Waals surface area contributed by atoms with E-state index >= 15 is 0 Å². The van der Waals surface area contributed by atoms with Crippen LogP contribution >= 0.6 is 11.8 Å². The number of hydrogen-bond acceptors (Lipinski definition) is 6. The molecule has 1 aromatic carbocycles. The number of hydrogen-bond donors (Lipinski definition) is 1. The lowest BCUT2D eigenvalue weighted by molar-refractivity contribution is -0.131. The zero-order chi connectivity index (χ0) is 17.8. The summed E-state index contributed by atoms with van der Waals surface area (Å²) < 4.78 is 2.22. The molecule has 0 spiro atoms. The van der Waals surface area contributed by atoms with Crippen molar-refractivity contribution < 1.29 is 9.63 Å². The largest absolute Gasteiger partial charge is 0.341 e. The van der Waals surface area contributed by atoms with Crippen LogP contribution in [0.3, 0.4) is 0 Å². The van der Waals surface area contributed by atoms with Crippen molar-refractivity contribution in [3.05, 3.63) is 35.9 Å². The number of amides is 1. The van der Waals surface area contributed by atoms with Crippen LogP contribution in [0.4, 0.5) is 5.95 Å². The van der Waals surface area contributed by atoms with Crippen LogP contribution in [0.2, 0.25) is 0 Å². The van der Waals surface area contributed by atoms with E-state index in [-0.39, 0.29) is 11.7 Å². The van der Waals surface area contributed by atoms with Crippen LogP contribution in [-0.2, 0) is 16.2 Å². The van der Waals surface area contributed by atoms with E-state index in [4.69, 9.17) is 4.84 Å². The van der Waals surface area contributed by atoms with E-state index in [9.17, 15) is 4.79 Å². The number of carbonyl (C=O) groups is 1. The van der Waals surface area contributed by atoms with Gasteiger partial charge in [0.2, 0.25) is 5.95 Å². The minimum atomic E-state index is -0.168. The van der Waals surface area contributed by atoms with Gasteiger partial charge >= 0.3 is 0 Å². The Morgan fingerprint density at radius 1 is 1.19 bits per heavy atom. The summed E-state index contributed by atoms with van der Waals surface area (Å²) in [5.41, 5.74) is 3.52. The van der Waals surface area contributed by atoms with Gasteiger partial charge in [-0.3, -0.25) is 14.2 Å². The second-order valence-corrected chi connectivity index (χ2v) is 7.61. The Labute approximate surface area is 157 Å². The van der Waals surface area contributed by atoms with Crippen LogP contribution in [0.5, 0.6) is 0 Å². The SMILES string of the molecule is O=C(CSc1nnc(N2CCCC2)n1C1CC1)NOCc1ccccc1. The molecule has 26 heavy (non-hydrogen) atoms. The van der Waals surface area contributed by atoms with Crippen molar-refractivity contribution in [1.82, 2.24) is 20.2 Å². The van der Waals surface area contributed by atoms with E-state index in [0.717, 1.165) is 29.8 Å². The third kappa shape index (κ3) is 4.19. The quantitative estimate of drug-likeness (QED) is 0.566. The van der Waals surface area contributed by atoms with Crippen LogP contribution in [0, 0.1) is 0 Å². The highest BCUT2D eigenvalue weighted by atomic mass is 32.2. The third-order valence-corrected chi connectivity index (χ3v) is 5.49. The zero-order valence-corrected chi connectivity index (χ0v) is 15.5. The molecule has 1 N–H and O–H groups in total. The lowest BCUT2D eigenvalue weighted by atomic mass is 10.2. The number of rotatable bonds is 8. The van der Waals surface area contributed by atoms with Crippen LogP contribution in [0.1, 0.15) is 37.3 Å². The summed E-state index contributed by atoms with van der Waals surface area (Å²) in [7, 11) is 0. The summed E-state index contributed by atoms with van der Waals surface area (Å²) in [6, 6.07) is 10.2. The first-order valence-corrected chi connectivity index (χ1v) is 10.1. The number of anilines is 1. The van der Waals surface area contributed by atoms with E-state index in [0.29, 0.717) is 12.6 Å². The van der Waals surface area contributed by atoms with Gasteiger partial charge in [-0.25, -0.2) is 5.48 Å². The molecular formula is C18H23N5O2S. The molecule has 1 saturated heterocycles. The molecule has 8 heteroatoms. The van der Waals surface area contributed by atoms with Crippen molar-refractivity contribution in [2.24, 2.45) is 0 Å². The molecule has 0 atom stereocenters. The first-order valence-electron chi connectivity index (χ1n) is 9.08. The highest BCUT2D eigenvalue weighted by Gasteiger charge is 2.32. The lowest BCUT2D eigenvalue weighted by Crippen LogP contribution is -2.25. The summed E-state index contributed by atoms with van der Waals surface area (Å²) in [5, 5.41) is 9.56. The predicted octanol–water partition coefficient (Wildman–Crippen LogP) is 2.55. The van der Waals surface area contributed by atoms with Gasteiger partial charge in [0.25, 0.3) is 5.91 Å². The zero-order valence-electron chi connectivity index (χ0n) is 14.6. The molecule has 0 unspecified atom stereocenters. The number of thioether (sulfide) groups is 1. The molecule has 0 bridgehead atoms. The van der Waals surface area contributed by atoms with Gasteiger partial charge in [-0.15, -0.1) is 10.2 Å². The minimum Gasteiger partial charge on any atom is -0.341 e. The summed E-state index contributed by atoms with van der Waals surface area (Å²) >= 11 is 1.42. The molecule has 1 aliphatic carbocycles. The molecule has 2 heterocycles. The number of benzene rings is 1. The Morgan fingerprint density at radius 2 is 1.96 bits per heavy atom. The van der Waals surface area contributed by atoms with Gasteiger partial charge in [-0.1, -0.05) is 42.1 Å². The van der Waals surface area contributed by atoms with Gasteiger partial charge in [0.1, 0.15) is 0 Å². The first-order chi connectivity index (χ1) is 12.8. The average molecular weight is 373 g/mol. The molecule has 2 fully saturated rings. The third-order valence-electron chi connectivity index (χ3n) is 4.55. The fourth-order valence-electron chi connectivity index (χ4n) is 3.09. The van der Waals surface area contributed by atoms with Crippen LogP contribution in [0.25, 0.3) is 0 Å². The second-order valence-electron chi connectivity index (χ2n) is 6.67. The first kappa shape index (κ1) is 17.4. The smallest absolute Gasteiger partial charge is 0.254 e. The number of nitrogens with one attached hydrogen (secondary N) is 1. The molecular weight excluding hydrogens is 350 g/mol. The lowest BCUT2D eigenvalue weighted by Gasteiger charge is -2.17. The van der Waals surface area contributed by atoms with Gasteiger partial charge < -0.3 is 4.90 Å². The van der Waals surface area contributed by atoms with Crippen LogP contribution < -0.4 is 10.4 Å². The van der Waals surface area contributed by atoms with Crippen LogP contribution in [0.15, 0.2) is 35.5 Å². The maximum atomic E-state index is 12.0. The van der Waals surface area contributed by atoms with Crippen molar-refractivity contribution in [3.8, 4) is 0 Å². The molecule has 0 radical (unpaired) electrons. The monoisotopic (exact) mass is 373 g/mol. The maximum Gasteiger partial charge on any atom is 0.254 e. The van der Waals surface area contributed by atoms with Gasteiger partial charge in [-0.2, -0.15) is 0 Å². The molecule has 1 saturated carbocycles. The minimum absolute atomic E-state index is 0.168. The van der Waals surface area contributed by atoms with E-state index < -0.39 is 0 Å². The van der Waals surface area contributed by atoms with Crippen molar-refractivity contribution in [2.75, 3.05) is 23.7 Å². The van der Waals surface area contributed by atoms with Crippen molar-refractivity contribution in [3.63, 3.8) is 0 Å². The topological polar surface area (TPSA) is 72.3 Å². The normalized spacial score (nSPS) is 16.8. The van der Waals surface area contributed by atoms with Gasteiger partial charge in [0.05, 0.1) is 12.4 Å². The van der Waals surface area contributed by atoms with Crippen molar-refractivity contribution >= 4 is 23.6 Å². The van der Waals surface area contributed by atoms with Crippen LogP contribution in [-0.4, -0.2) is 39.5 Å². The highest BCUT2D eigenvalue weighted by molar-refractivity contribution is 7.99. The Balaban J connectivity index is 1.29. The number of aromatic nitrogens is 3. The summed E-state index contributed by atoms with van der Waals surface area (Å²) in [6.45, 7) is 2.45. The molecule has 2 aromatic rings. The number of nitrogens with zero attached hydrogens (tertiary/aromatic N) is 4. The molecule has 1 amide bonds. The van der Waals surface area contributed by atoms with E-state index in [1.807, 2.05) is 30.3 Å². The molecule has 1 aliphatic heterocycles. The number of hydroxylamine groups is 1. The Bertz CT molecular complexity index is 741. The van der Waals surface area contributed by atoms with Gasteiger partial charge in [0.15, 0.2) is 5.16 Å². The Morgan fingerprint density at radius 3 is 2.69 bits per heavy atom. The van der Waals surface area contributed by atoms with E-state index in [2.05, 4.69) is 25.1 Å². The van der Waals surface area contributed by atoms with E-state index in [1.165, 1.54) is 37.4 Å². The number of carbonyl (C=O) groups excluding carboxylic acids is 1. The predicted molar refractivity (Wildman–Crippen MR) is 99.8 cm³/mol. The summed E-state index contributed by atoms with van der Waals surface area (Å²) in [6.07, 6.45) is 4.75. The molecule has 4 rings (SSSR count). The molecule has 1 aromatic heterocycles. The van der Waals surface area contributed by atoms with Gasteiger partial charge in [0, 0.05) is 19.1 Å². The molecule has 2 aliphatic rings. The maximum absolute atomic E-state index is 12.0. The summed E-state index contributed by atoms with van der Waals surface area (Å²) in [4.78, 5) is 19.6. The Kier molecular flexibility index (Phi) is 5.40. The highest BCUT2D eigenvalue weighted by Crippen LogP contribution is 2.41. The van der Waals surface area contributed by atoms with E-state index in [1.54, 1.807) is 0 Å².